The second kappa shape index (κ2) is 6.00. The van der Waals surface area contributed by atoms with E-state index in [2.05, 4.69) is 0 Å². The van der Waals surface area contributed by atoms with Crippen LogP contribution >= 0.6 is 0 Å². The molecule has 0 aliphatic heterocycles. The van der Waals surface area contributed by atoms with E-state index in [-0.39, 0.29) is 17.8 Å². The second-order valence-corrected chi connectivity index (χ2v) is 3.86. The zero-order chi connectivity index (χ0) is 13.7. The zero-order valence-corrected chi connectivity index (χ0v) is 10.0. The molecule has 0 radical (unpaired) electrons. The summed E-state index contributed by atoms with van der Waals surface area (Å²) < 4.78 is 13.6. The van der Waals surface area contributed by atoms with Crippen LogP contribution in [0.2, 0.25) is 0 Å². The lowest BCUT2D eigenvalue weighted by Crippen LogP contribution is -2.36. The SMILES string of the molecule is CCCN(CC(=O)O)C(=O)c1ccc(N)cc1F. The van der Waals surface area contributed by atoms with E-state index in [0.717, 1.165) is 11.0 Å². The number of hydrogen-bond donors (Lipinski definition) is 2. The molecule has 0 saturated heterocycles. The number of nitrogens with two attached hydrogens (primary N) is 1. The molecule has 1 rings (SSSR count). The van der Waals surface area contributed by atoms with Gasteiger partial charge in [-0.05, 0) is 24.6 Å². The fraction of sp³-hybridized carbons (Fsp3) is 0.333. The Hall–Kier alpha value is -2.11. The van der Waals surface area contributed by atoms with Crippen molar-refractivity contribution in [3.63, 3.8) is 0 Å². The molecular weight excluding hydrogens is 239 g/mol. The first-order chi connectivity index (χ1) is 8.45. The maximum Gasteiger partial charge on any atom is 0.323 e. The summed E-state index contributed by atoms with van der Waals surface area (Å²) >= 11 is 0. The van der Waals surface area contributed by atoms with Crippen LogP contribution in [0.5, 0.6) is 0 Å². The van der Waals surface area contributed by atoms with E-state index in [1.807, 2.05) is 6.92 Å². The van der Waals surface area contributed by atoms with Crippen LogP contribution in [0.3, 0.4) is 0 Å². The van der Waals surface area contributed by atoms with E-state index in [4.69, 9.17) is 10.8 Å². The normalized spacial score (nSPS) is 10.1. The van der Waals surface area contributed by atoms with E-state index >= 15 is 0 Å². The Morgan fingerprint density at radius 1 is 1.44 bits per heavy atom. The number of carbonyl (C=O) groups is 2. The molecule has 0 spiro atoms. The van der Waals surface area contributed by atoms with Crippen LogP contribution in [0, 0.1) is 5.82 Å². The first-order valence-corrected chi connectivity index (χ1v) is 5.51. The summed E-state index contributed by atoms with van der Waals surface area (Å²) in [5.74, 6) is -2.52. The van der Waals surface area contributed by atoms with Crippen molar-refractivity contribution in [2.75, 3.05) is 18.8 Å². The summed E-state index contributed by atoms with van der Waals surface area (Å²) in [6, 6.07) is 3.71. The number of carboxylic acid groups (broad SMARTS) is 1. The number of carbonyl (C=O) groups excluding carboxylic acids is 1. The lowest BCUT2D eigenvalue weighted by atomic mass is 10.1. The van der Waals surface area contributed by atoms with Crippen LogP contribution in [-0.4, -0.2) is 35.0 Å². The summed E-state index contributed by atoms with van der Waals surface area (Å²) in [6.07, 6.45) is 0.593. The van der Waals surface area contributed by atoms with Gasteiger partial charge in [0.05, 0.1) is 5.56 Å². The van der Waals surface area contributed by atoms with E-state index < -0.39 is 24.2 Å². The average molecular weight is 254 g/mol. The molecule has 0 aliphatic rings. The van der Waals surface area contributed by atoms with Gasteiger partial charge in [0.15, 0.2) is 0 Å². The molecule has 6 heteroatoms. The van der Waals surface area contributed by atoms with E-state index in [1.165, 1.54) is 12.1 Å². The number of nitrogens with zero attached hydrogens (tertiary/aromatic N) is 1. The molecule has 18 heavy (non-hydrogen) atoms. The molecular formula is C12H15FN2O3. The number of halogens is 1. The summed E-state index contributed by atoms with van der Waals surface area (Å²) in [7, 11) is 0. The third-order valence-electron chi connectivity index (χ3n) is 2.33. The molecule has 3 N–H and O–H groups in total. The highest BCUT2D eigenvalue weighted by molar-refractivity contribution is 5.96. The Morgan fingerprint density at radius 2 is 2.11 bits per heavy atom. The van der Waals surface area contributed by atoms with Gasteiger partial charge in [-0.15, -0.1) is 0 Å². The fourth-order valence-electron chi connectivity index (χ4n) is 1.56. The van der Waals surface area contributed by atoms with Gasteiger partial charge in [0.2, 0.25) is 0 Å². The molecule has 0 heterocycles. The highest BCUT2D eigenvalue weighted by Gasteiger charge is 2.20. The van der Waals surface area contributed by atoms with E-state index in [0.29, 0.717) is 6.42 Å². The Kier molecular flexibility index (Phi) is 4.65. The van der Waals surface area contributed by atoms with Gasteiger partial charge < -0.3 is 15.7 Å². The van der Waals surface area contributed by atoms with Crippen molar-refractivity contribution in [1.29, 1.82) is 0 Å². The van der Waals surface area contributed by atoms with Gasteiger partial charge in [-0.2, -0.15) is 0 Å². The lowest BCUT2D eigenvalue weighted by molar-refractivity contribution is -0.137. The Morgan fingerprint density at radius 3 is 2.61 bits per heavy atom. The van der Waals surface area contributed by atoms with Crippen LogP contribution in [0.4, 0.5) is 10.1 Å². The lowest BCUT2D eigenvalue weighted by Gasteiger charge is -2.20. The number of rotatable bonds is 5. The summed E-state index contributed by atoms with van der Waals surface area (Å²) in [5, 5.41) is 8.71. The average Bonchev–Trinajstić information content (AvgIpc) is 2.27. The van der Waals surface area contributed by atoms with Crippen molar-refractivity contribution in [3.8, 4) is 0 Å². The maximum absolute atomic E-state index is 13.6. The minimum Gasteiger partial charge on any atom is -0.480 e. The molecule has 0 aliphatic carbocycles. The largest absolute Gasteiger partial charge is 0.480 e. The van der Waals surface area contributed by atoms with Crippen molar-refractivity contribution in [2.45, 2.75) is 13.3 Å². The molecule has 1 aromatic rings. The van der Waals surface area contributed by atoms with Crippen LogP contribution in [0.15, 0.2) is 18.2 Å². The third kappa shape index (κ3) is 3.44. The van der Waals surface area contributed by atoms with Gasteiger partial charge in [-0.25, -0.2) is 4.39 Å². The van der Waals surface area contributed by atoms with Crippen molar-refractivity contribution in [3.05, 3.63) is 29.6 Å². The first-order valence-electron chi connectivity index (χ1n) is 5.51. The minimum absolute atomic E-state index is 0.168. The van der Waals surface area contributed by atoms with Gasteiger partial charge in [-0.3, -0.25) is 9.59 Å². The Bertz CT molecular complexity index is 463. The Labute approximate surface area is 104 Å². The molecule has 0 atom stereocenters. The fourth-order valence-corrected chi connectivity index (χ4v) is 1.56. The molecule has 0 unspecified atom stereocenters. The molecule has 1 aromatic carbocycles. The monoisotopic (exact) mass is 254 g/mol. The van der Waals surface area contributed by atoms with Crippen LogP contribution in [-0.2, 0) is 4.79 Å². The summed E-state index contributed by atoms with van der Waals surface area (Å²) in [6.45, 7) is 1.62. The summed E-state index contributed by atoms with van der Waals surface area (Å²) in [4.78, 5) is 23.7. The standard InChI is InChI=1S/C12H15FN2O3/c1-2-5-15(7-11(16)17)12(18)9-4-3-8(14)6-10(9)13/h3-4,6H,2,5,7,14H2,1H3,(H,16,17). The molecule has 0 aromatic heterocycles. The van der Waals surface area contributed by atoms with E-state index in [1.54, 1.807) is 0 Å². The van der Waals surface area contributed by atoms with Crippen molar-refractivity contribution in [1.82, 2.24) is 4.90 Å². The predicted octanol–water partition coefficient (Wildman–Crippen LogP) is 1.34. The molecule has 98 valence electrons. The molecule has 0 saturated carbocycles. The maximum atomic E-state index is 13.6. The number of nitrogen functional groups attached to an aromatic ring is 1. The van der Waals surface area contributed by atoms with Crippen molar-refractivity contribution >= 4 is 17.6 Å². The number of hydrogen-bond acceptors (Lipinski definition) is 3. The second-order valence-electron chi connectivity index (χ2n) is 3.86. The highest BCUT2D eigenvalue weighted by Crippen LogP contribution is 2.14. The van der Waals surface area contributed by atoms with Gasteiger partial charge >= 0.3 is 5.97 Å². The quantitative estimate of drug-likeness (QED) is 0.777. The zero-order valence-electron chi connectivity index (χ0n) is 10.0. The summed E-state index contributed by atoms with van der Waals surface area (Å²) in [5.41, 5.74) is 5.43. The van der Waals surface area contributed by atoms with Gasteiger partial charge in [0.25, 0.3) is 5.91 Å². The Balaban J connectivity index is 2.97. The molecule has 5 nitrogen and oxygen atoms in total. The first kappa shape index (κ1) is 14.0. The smallest absolute Gasteiger partial charge is 0.323 e. The van der Waals surface area contributed by atoms with E-state index in [9.17, 15) is 14.0 Å². The molecule has 1 amide bonds. The third-order valence-corrected chi connectivity index (χ3v) is 2.33. The molecule has 0 bridgehead atoms. The number of carboxylic acids is 1. The van der Waals surface area contributed by atoms with Gasteiger partial charge in [0.1, 0.15) is 12.4 Å². The van der Waals surface area contributed by atoms with Crippen LogP contribution < -0.4 is 5.73 Å². The number of aliphatic carboxylic acids is 1. The topological polar surface area (TPSA) is 83.6 Å². The number of amides is 1. The predicted molar refractivity (Wildman–Crippen MR) is 64.6 cm³/mol. The van der Waals surface area contributed by atoms with Crippen molar-refractivity contribution < 1.29 is 19.1 Å². The van der Waals surface area contributed by atoms with Gasteiger partial charge in [0, 0.05) is 12.2 Å². The van der Waals surface area contributed by atoms with Gasteiger partial charge in [-0.1, -0.05) is 6.92 Å². The van der Waals surface area contributed by atoms with Crippen molar-refractivity contribution in [2.24, 2.45) is 0 Å². The van der Waals surface area contributed by atoms with Crippen LogP contribution in [0.1, 0.15) is 23.7 Å². The number of anilines is 1. The van der Waals surface area contributed by atoms with Crippen LogP contribution in [0.25, 0.3) is 0 Å². The molecule has 0 fully saturated rings. The number of benzene rings is 1. The minimum atomic E-state index is -1.13. The highest BCUT2D eigenvalue weighted by atomic mass is 19.1.